The lowest BCUT2D eigenvalue weighted by Crippen LogP contribution is -2.47. The number of para-hydroxylation sites is 2. The van der Waals surface area contributed by atoms with Crippen molar-refractivity contribution < 1.29 is 4.79 Å². The summed E-state index contributed by atoms with van der Waals surface area (Å²) in [5.41, 5.74) is 1.97. The first-order valence-corrected chi connectivity index (χ1v) is 9.16. The van der Waals surface area contributed by atoms with Gasteiger partial charge in [-0.1, -0.05) is 26.0 Å². The van der Waals surface area contributed by atoms with Crippen LogP contribution in [-0.4, -0.2) is 46.0 Å². The molecule has 0 saturated carbocycles. The van der Waals surface area contributed by atoms with E-state index in [1.807, 2.05) is 33.7 Å². The van der Waals surface area contributed by atoms with Gasteiger partial charge >= 0.3 is 5.69 Å². The summed E-state index contributed by atoms with van der Waals surface area (Å²) < 4.78 is 1.87. The van der Waals surface area contributed by atoms with Gasteiger partial charge in [0.25, 0.3) is 0 Å². The molecule has 6 heteroatoms. The topological polar surface area (TPSA) is 70.1 Å². The molecule has 1 unspecified atom stereocenters. The van der Waals surface area contributed by atoms with Crippen LogP contribution >= 0.6 is 0 Å². The number of hydrogen-bond donors (Lipinski definition) is 2. The molecule has 0 radical (unpaired) electrons. The highest BCUT2D eigenvalue weighted by Gasteiger charge is 2.37. The molecule has 2 aromatic rings. The number of fused-ring (bicyclic) bond motifs is 1. The molecule has 1 atom stereocenters. The lowest BCUT2D eigenvalue weighted by Gasteiger charge is -2.34. The lowest BCUT2D eigenvalue weighted by atomic mass is 9.90. The Hall–Kier alpha value is -2.08. The fourth-order valence-corrected chi connectivity index (χ4v) is 4.27. The molecule has 2 aliphatic heterocycles. The quantitative estimate of drug-likeness (QED) is 0.875. The maximum absolute atomic E-state index is 12.7. The van der Waals surface area contributed by atoms with Crippen LogP contribution in [0.1, 0.15) is 39.2 Å². The third-order valence-electron chi connectivity index (χ3n) is 5.65. The van der Waals surface area contributed by atoms with Gasteiger partial charge in [-0.15, -0.1) is 0 Å². The predicted octanol–water partition coefficient (Wildman–Crippen LogP) is 1.88. The Balaban J connectivity index is 1.46. The van der Waals surface area contributed by atoms with Crippen LogP contribution in [0.25, 0.3) is 11.0 Å². The molecular formula is C19H26N4O2. The number of aromatic amines is 1. The van der Waals surface area contributed by atoms with Crippen LogP contribution in [-0.2, 0) is 4.79 Å². The van der Waals surface area contributed by atoms with E-state index in [4.69, 9.17) is 0 Å². The zero-order valence-electron chi connectivity index (χ0n) is 14.9. The number of nitrogens with zero attached hydrogens (tertiary/aromatic N) is 2. The van der Waals surface area contributed by atoms with Crippen molar-refractivity contribution in [3.8, 4) is 0 Å². The number of rotatable bonds is 2. The Morgan fingerprint density at radius 2 is 1.92 bits per heavy atom. The molecular weight excluding hydrogens is 316 g/mol. The van der Waals surface area contributed by atoms with Crippen LogP contribution < -0.4 is 11.0 Å². The first-order valence-electron chi connectivity index (χ1n) is 9.16. The summed E-state index contributed by atoms with van der Waals surface area (Å²) in [6, 6.07) is 7.90. The first kappa shape index (κ1) is 16.4. The smallest absolute Gasteiger partial charge is 0.326 e. The van der Waals surface area contributed by atoms with Gasteiger partial charge in [0.1, 0.15) is 0 Å². The van der Waals surface area contributed by atoms with Gasteiger partial charge in [-0.2, -0.15) is 0 Å². The van der Waals surface area contributed by atoms with Gasteiger partial charge in [0.2, 0.25) is 5.91 Å². The van der Waals surface area contributed by atoms with E-state index in [9.17, 15) is 9.59 Å². The highest BCUT2D eigenvalue weighted by Crippen LogP contribution is 2.30. The van der Waals surface area contributed by atoms with E-state index in [0.29, 0.717) is 13.1 Å². The molecule has 1 aromatic carbocycles. The number of carbonyl (C=O) groups excluding carboxylic acids is 1. The highest BCUT2D eigenvalue weighted by atomic mass is 16.2. The number of carbonyl (C=O) groups is 1. The van der Waals surface area contributed by atoms with E-state index >= 15 is 0 Å². The number of piperidine rings is 1. The third kappa shape index (κ3) is 2.99. The zero-order valence-corrected chi connectivity index (χ0v) is 14.9. The van der Waals surface area contributed by atoms with Crippen LogP contribution in [0, 0.1) is 5.41 Å². The molecule has 25 heavy (non-hydrogen) atoms. The van der Waals surface area contributed by atoms with Gasteiger partial charge in [-0.3, -0.25) is 9.36 Å². The van der Waals surface area contributed by atoms with Crippen molar-refractivity contribution in [3.63, 3.8) is 0 Å². The van der Waals surface area contributed by atoms with Crippen LogP contribution in [0.3, 0.4) is 0 Å². The number of hydrogen-bond acceptors (Lipinski definition) is 3. The zero-order chi connectivity index (χ0) is 17.6. The summed E-state index contributed by atoms with van der Waals surface area (Å²) in [7, 11) is 0. The molecule has 3 heterocycles. The Morgan fingerprint density at radius 3 is 2.60 bits per heavy atom. The van der Waals surface area contributed by atoms with Gasteiger partial charge in [-0.25, -0.2) is 4.79 Å². The molecule has 6 nitrogen and oxygen atoms in total. The molecule has 134 valence electrons. The van der Waals surface area contributed by atoms with Gasteiger partial charge in [0, 0.05) is 25.7 Å². The van der Waals surface area contributed by atoms with Crippen molar-refractivity contribution in [2.75, 3.05) is 19.6 Å². The normalized spacial score (nSPS) is 24.1. The predicted molar refractivity (Wildman–Crippen MR) is 97.6 cm³/mol. The largest absolute Gasteiger partial charge is 0.341 e. The minimum atomic E-state index is -0.0534. The second kappa shape index (κ2) is 6.02. The van der Waals surface area contributed by atoms with E-state index in [-0.39, 0.29) is 29.1 Å². The second-order valence-corrected chi connectivity index (χ2v) is 8.18. The third-order valence-corrected chi connectivity index (χ3v) is 5.65. The Bertz CT molecular complexity index is 842. The van der Waals surface area contributed by atoms with Gasteiger partial charge < -0.3 is 15.2 Å². The Morgan fingerprint density at radius 1 is 1.20 bits per heavy atom. The van der Waals surface area contributed by atoms with Crippen molar-refractivity contribution in [1.82, 2.24) is 19.8 Å². The highest BCUT2D eigenvalue weighted by molar-refractivity contribution is 5.82. The number of benzene rings is 1. The molecule has 2 N–H and O–H groups in total. The molecule has 2 saturated heterocycles. The second-order valence-electron chi connectivity index (χ2n) is 8.18. The van der Waals surface area contributed by atoms with E-state index in [1.165, 1.54) is 0 Å². The number of nitrogens with one attached hydrogen (secondary N) is 2. The van der Waals surface area contributed by atoms with Crippen LogP contribution in [0.5, 0.6) is 0 Å². The monoisotopic (exact) mass is 342 g/mol. The van der Waals surface area contributed by atoms with Crippen LogP contribution in [0.15, 0.2) is 29.1 Å². The summed E-state index contributed by atoms with van der Waals surface area (Å²) in [4.78, 5) is 30.0. The summed E-state index contributed by atoms with van der Waals surface area (Å²) in [5.74, 6) is 0.218. The van der Waals surface area contributed by atoms with Gasteiger partial charge in [-0.05, 0) is 36.8 Å². The average Bonchev–Trinajstić information content (AvgIpc) is 3.13. The molecule has 0 spiro atoms. The molecule has 4 rings (SSSR count). The first-order chi connectivity index (χ1) is 11.9. The number of aromatic nitrogens is 2. The Kier molecular flexibility index (Phi) is 3.95. The Labute approximate surface area is 147 Å². The minimum absolute atomic E-state index is 0.0508. The number of likely N-dealkylation sites (tertiary alicyclic amines) is 1. The minimum Gasteiger partial charge on any atom is -0.341 e. The summed E-state index contributed by atoms with van der Waals surface area (Å²) in [6.07, 6.45) is 2.54. The summed E-state index contributed by atoms with van der Waals surface area (Å²) in [6.45, 7) is 6.72. The van der Waals surface area contributed by atoms with Crippen molar-refractivity contribution >= 4 is 16.9 Å². The molecule has 2 aliphatic rings. The van der Waals surface area contributed by atoms with Gasteiger partial charge in [0.15, 0.2) is 0 Å². The SMILES string of the molecule is CC1(C)CNC(C(=O)N2CCC(n3c(=O)[nH]c4ccccc43)CC2)C1. The number of H-pyrrole nitrogens is 1. The molecule has 2 fully saturated rings. The van der Waals surface area contributed by atoms with Gasteiger partial charge in [0.05, 0.1) is 17.1 Å². The summed E-state index contributed by atoms with van der Waals surface area (Å²) >= 11 is 0. The van der Waals surface area contributed by atoms with Crippen molar-refractivity contribution in [3.05, 3.63) is 34.7 Å². The summed E-state index contributed by atoms with van der Waals surface area (Å²) in [5, 5.41) is 3.36. The van der Waals surface area contributed by atoms with E-state index in [0.717, 1.165) is 36.8 Å². The molecule has 1 aromatic heterocycles. The molecule has 1 amide bonds. The number of amides is 1. The fourth-order valence-electron chi connectivity index (χ4n) is 4.27. The van der Waals surface area contributed by atoms with E-state index < -0.39 is 0 Å². The van der Waals surface area contributed by atoms with Crippen LogP contribution in [0.4, 0.5) is 0 Å². The number of imidazole rings is 1. The lowest BCUT2D eigenvalue weighted by molar-refractivity contribution is -0.134. The fraction of sp³-hybridized carbons (Fsp3) is 0.579. The van der Waals surface area contributed by atoms with Crippen LogP contribution in [0.2, 0.25) is 0 Å². The maximum atomic E-state index is 12.7. The van der Waals surface area contributed by atoms with Crippen molar-refractivity contribution in [2.24, 2.45) is 5.41 Å². The molecule has 0 bridgehead atoms. The van der Waals surface area contributed by atoms with Crippen molar-refractivity contribution in [1.29, 1.82) is 0 Å². The van der Waals surface area contributed by atoms with Crippen molar-refractivity contribution in [2.45, 2.75) is 45.2 Å². The van der Waals surface area contributed by atoms with E-state index in [1.54, 1.807) is 0 Å². The van der Waals surface area contributed by atoms with E-state index in [2.05, 4.69) is 24.1 Å². The standard InChI is InChI=1S/C19H26N4O2/c1-19(2)11-15(20-12-19)17(24)22-9-7-13(8-10-22)23-16-6-4-3-5-14(16)21-18(23)25/h3-6,13,15,20H,7-12H2,1-2H3,(H,21,25). The maximum Gasteiger partial charge on any atom is 0.326 e. The average molecular weight is 342 g/mol. The molecule has 0 aliphatic carbocycles.